The van der Waals surface area contributed by atoms with E-state index in [1.807, 2.05) is 0 Å². The molecule has 0 spiro atoms. The molecule has 1 aliphatic carbocycles. The van der Waals surface area contributed by atoms with E-state index < -0.39 is 0 Å². The third kappa shape index (κ3) is 7.27. The summed E-state index contributed by atoms with van der Waals surface area (Å²) in [6.07, 6.45) is 18.4. The van der Waals surface area contributed by atoms with Gasteiger partial charge >= 0.3 is 0 Å². The van der Waals surface area contributed by atoms with Gasteiger partial charge in [0, 0.05) is 0 Å². The predicted octanol–water partition coefficient (Wildman–Crippen LogP) is 7.80. The van der Waals surface area contributed by atoms with Gasteiger partial charge in [0.2, 0.25) is 0 Å². The zero-order valence-electron chi connectivity index (χ0n) is 16.8. The van der Waals surface area contributed by atoms with Crippen molar-refractivity contribution >= 4 is 0 Å². The van der Waals surface area contributed by atoms with E-state index in [1.54, 1.807) is 5.57 Å². The SMILES string of the molecule is CCCCC(CCC)C1=CCC(CCC(C(C)C)C(C)C)C=C1. The summed E-state index contributed by atoms with van der Waals surface area (Å²) in [4.78, 5) is 0. The molecule has 134 valence electrons. The number of rotatable bonds is 11. The minimum atomic E-state index is 0.784. The van der Waals surface area contributed by atoms with Crippen molar-refractivity contribution in [2.24, 2.45) is 29.6 Å². The monoisotopic (exact) mass is 318 g/mol. The highest BCUT2D eigenvalue weighted by molar-refractivity contribution is 5.26. The Hall–Kier alpha value is -0.520. The Morgan fingerprint density at radius 2 is 1.65 bits per heavy atom. The van der Waals surface area contributed by atoms with Gasteiger partial charge in [-0.25, -0.2) is 0 Å². The smallest absolute Gasteiger partial charge is 0.0165 e. The highest BCUT2D eigenvalue weighted by atomic mass is 14.3. The molecule has 0 N–H and O–H groups in total. The standard InChI is InChI=1S/C23H42/c1-7-9-11-21(10-8-2)22-15-12-20(13-16-22)14-17-23(18(3)4)19(5)6/h12,15-16,18-21,23H,7-11,13-14,17H2,1-6H3. The molecule has 0 aliphatic heterocycles. The lowest BCUT2D eigenvalue weighted by atomic mass is 9.78. The average molecular weight is 319 g/mol. The van der Waals surface area contributed by atoms with Crippen LogP contribution >= 0.6 is 0 Å². The molecular formula is C23H42. The molecule has 0 radical (unpaired) electrons. The van der Waals surface area contributed by atoms with Crippen LogP contribution in [0.2, 0.25) is 0 Å². The molecule has 0 saturated heterocycles. The van der Waals surface area contributed by atoms with E-state index in [-0.39, 0.29) is 0 Å². The zero-order valence-corrected chi connectivity index (χ0v) is 16.8. The summed E-state index contributed by atoms with van der Waals surface area (Å²) in [5.74, 6) is 4.11. The van der Waals surface area contributed by atoms with Gasteiger partial charge in [-0.1, -0.05) is 79.0 Å². The molecule has 2 unspecified atom stereocenters. The fourth-order valence-electron chi connectivity index (χ4n) is 4.32. The maximum Gasteiger partial charge on any atom is -0.0165 e. The quantitative estimate of drug-likeness (QED) is 0.364. The minimum Gasteiger partial charge on any atom is -0.0808 e. The first-order valence-corrected chi connectivity index (χ1v) is 10.4. The molecule has 0 amide bonds. The van der Waals surface area contributed by atoms with E-state index in [0.717, 1.165) is 29.6 Å². The van der Waals surface area contributed by atoms with Gasteiger partial charge in [-0.2, -0.15) is 0 Å². The molecule has 0 aromatic carbocycles. The largest absolute Gasteiger partial charge is 0.0808 e. The lowest BCUT2D eigenvalue weighted by Gasteiger charge is -2.27. The Bertz CT molecular complexity index is 350. The van der Waals surface area contributed by atoms with Crippen LogP contribution in [0.25, 0.3) is 0 Å². The van der Waals surface area contributed by atoms with Crippen LogP contribution in [0.3, 0.4) is 0 Å². The van der Waals surface area contributed by atoms with Crippen molar-refractivity contribution in [3.05, 3.63) is 23.8 Å². The minimum absolute atomic E-state index is 0.784. The van der Waals surface area contributed by atoms with Crippen molar-refractivity contribution < 1.29 is 0 Å². The summed E-state index contributed by atoms with van der Waals surface area (Å²) in [5.41, 5.74) is 1.64. The van der Waals surface area contributed by atoms with Gasteiger partial charge in [0.25, 0.3) is 0 Å². The van der Waals surface area contributed by atoms with Crippen LogP contribution < -0.4 is 0 Å². The first-order chi connectivity index (χ1) is 11.0. The van der Waals surface area contributed by atoms with E-state index >= 15 is 0 Å². The lowest BCUT2D eigenvalue weighted by molar-refractivity contribution is 0.254. The first-order valence-electron chi connectivity index (χ1n) is 10.4. The van der Waals surface area contributed by atoms with Crippen molar-refractivity contribution in [3.8, 4) is 0 Å². The maximum absolute atomic E-state index is 2.57. The molecule has 23 heavy (non-hydrogen) atoms. The second-order valence-electron chi connectivity index (χ2n) is 8.42. The molecule has 0 saturated carbocycles. The van der Waals surface area contributed by atoms with Crippen LogP contribution in [0.4, 0.5) is 0 Å². The molecule has 0 aromatic rings. The van der Waals surface area contributed by atoms with Gasteiger partial charge in [0.05, 0.1) is 0 Å². The Morgan fingerprint density at radius 1 is 0.957 bits per heavy atom. The third-order valence-corrected chi connectivity index (χ3v) is 5.82. The molecule has 2 atom stereocenters. The number of hydrogen-bond acceptors (Lipinski definition) is 0. The van der Waals surface area contributed by atoms with Crippen LogP contribution in [0.15, 0.2) is 23.8 Å². The lowest BCUT2D eigenvalue weighted by Crippen LogP contribution is -2.17. The van der Waals surface area contributed by atoms with Crippen molar-refractivity contribution in [3.63, 3.8) is 0 Å². The van der Waals surface area contributed by atoms with Crippen molar-refractivity contribution in [1.82, 2.24) is 0 Å². The normalized spacial score (nSPS) is 19.7. The van der Waals surface area contributed by atoms with Gasteiger partial charge in [-0.3, -0.25) is 0 Å². The van der Waals surface area contributed by atoms with Gasteiger partial charge in [0.15, 0.2) is 0 Å². The van der Waals surface area contributed by atoms with Crippen LogP contribution in [0.1, 0.15) is 92.9 Å². The molecule has 0 nitrogen and oxygen atoms in total. The Balaban J connectivity index is 2.49. The van der Waals surface area contributed by atoms with Crippen LogP contribution in [-0.2, 0) is 0 Å². The summed E-state index contributed by atoms with van der Waals surface area (Å²) < 4.78 is 0. The molecule has 0 aromatic heterocycles. The molecule has 1 rings (SSSR count). The Kier molecular flexibility index (Phi) is 9.91. The molecule has 0 heteroatoms. The fourth-order valence-corrected chi connectivity index (χ4v) is 4.32. The summed E-state index contributed by atoms with van der Waals surface area (Å²) in [6, 6.07) is 0. The van der Waals surface area contributed by atoms with Crippen molar-refractivity contribution in [2.75, 3.05) is 0 Å². The highest BCUT2D eigenvalue weighted by Gasteiger charge is 2.20. The Labute approximate surface area is 146 Å². The van der Waals surface area contributed by atoms with Gasteiger partial charge < -0.3 is 0 Å². The summed E-state index contributed by atoms with van der Waals surface area (Å²) >= 11 is 0. The molecule has 0 bridgehead atoms. The topological polar surface area (TPSA) is 0 Å². The van der Waals surface area contributed by atoms with E-state index in [4.69, 9.17) is 0 Å². The molecular weight excluding hydrogens is 276 g/mol. The second-order valence-corrected chi connectivity index (χ2v) is 8.42. The van der Waals surface area contributed by atoms with Crippen LogP contribution in [0.5, 0.6) is 0 Å². The molecule has 0 heterocycles. The highest BCUT2D eigenvalue weighted by Crippen LogP contribution is 2.33. The Morgan fingerprint density at radius 3 is 2.13 bits per heavy atom. The maximum atomic E-state index is 2.57. The third-order valence-electron chi connectivity index (χ3n) is 5.82. The predicted molar refractivity (Wildman–Crippen MR) is 106 cm³/mol. The van der Waals surface area contributed by atoms with E-state index in [0.29, 0.717) is 0 Å². The fraction of sp³-hybridized carbons (Fsp3) is 0.826. The van der Waals surface area contributed by atoms with E-state index in [1.165, 1.54) is 51.4 Å². The number of hydrogen-bond donors (Lipinski definition) is 0. The number of allylic oxidation sites excluding steroid dienone is 4. The van der Waals surface area contributed by atoms with E-state index in [9.17, 15) is 0 Å². The summed E-state index contributed by atoms with van der Waals surface area (Å²) in [5, 5.41) is 0. The summed E-state index contributed by atoms with van der Waals surface area (Å²) in [7, 11) is 0. The zero-order chi connectivity index (χ0) is 17.2. The van der Waals surface area contributed by atoms with Crippen molar-refractivity contribution in [2.45, 2.75) is 92.9 Å². The van der Waals surface area contributed by atoms with Crippen LogP contribution in [0, 0.1) is 29.6 Å². The van der Waals surface area contributed by atoms with Gasteiger partial charge in [-0.05, 0) is 67.3 Å². The van der Waals surface area contributed by atoms with E-state index in [2.05, 4.69) is 59.8 Å². The summed E-state index contributed by atoms with van der Waals surface area (Å²) in [6.45, 7) is 14.2. The van der Waals surface area contributed by atoms with Gasteiger partial charge in [0.1, 0.15) is 0 Å². The van der Waals surface area contributed by atoms with Crippen LogP contribution in [-0.4, -0.2) is 0 Å². The molecule has 0 fully saturated rings. The number of unbranched alkanes of at least 4 members (excludes halogenated alkanes) is 1. The average Bonchev–Trinajstić information content (AvgIpc) is 2.51. The molecule has 1 aliphatic rings. The second kappa shape index (κ2) is 11.1. The van der Waals surface area contributed by atoms with Gasteiger partial charge in [-0.15, -0.1) is 0 Å². The first kappa shape index (κ1) is 20.5. The van der Waals surface area contributed by atoms with Crippen molar-refractivity contribution in [1.29, 1.82) is 0 Å².